The molecular formula is C21H22O. The molecule has 4 aliphatic rings. The van der Waals surface area contributed by atoms with Gasteiger partial charge in [-0.15, -0.1) is 0 Å². The summed E-state index contributed by atoms with van der Waals surface area (Å²) in [5.74, 6) is 2.88. The monoisotopic (exact) mass is 290 g/mol. The van der Waals surface area contributed by atoms with Gasteiger partial charge in [-0.3, -0.25) is 0 Å². The second-order valence-corrected chi connectivity index (χ2v) is 7.83. The first-order valence-electron chi connectivity index (χ1n) is 8.58. The normalized spacial score (nSPS) is 36.2. The van der Waals surface area contributed by atoms with E-state index in [1.165, 1.54) is 37.7 Å². The van der Waals surface area contributed by atoms with Gasteiger partial charge in [0.1, 0.15) is 5.75 Å². The molecule has 22 heavy (non-hydrogen) atoms. The Morgan fingerprint density at radius 3 is 2.45 bits per heavy atom. The molecule has 4 saturated carbocycles. The van der Waals surface area contributed by atoms with Crippen LogP contribution in [-0.2, 0) is 5.41 Å². The Hall–Kier alpha value is -1.76. The SMILES string of the molecule is C=C1C2CC3CC(C2)CC1(c1ccc2ccccc2c1O)C3. The molecule has 4 fully saturated rings. The number of fused-ring (bicyclic) bond motifs is 1. The van der Waals surface area contributed by atoms with Crippen molar-refractivity contribution < 1.29 is 5.11 Å². The molecule has 4 bridgehead atoms. The van der Waals surface area contributed by atoms with Crippen LogP contribution in [0, 0.1) is 17.8 Å². The minimum absolute atomic E-state index is 0.0445. The van der Waals surface area contributed by atoms with Crippen LogP contribution in [0.4, 0.5) is 0 Å². The topological polar surface area (TPSA) is 20.2 Å². The molecule has 0 amide bonds. The van der Waals surface area contributed by atoms with Gasteiger partial charge in [0.15, 0.2) is 0 Å². The lowest BCUT2D eigenvalue weighted by Crippen LogP contribution is -2.50. The van der Waals surface area contributed by atoms with Crippen molar-refractivity contribution in [2.45, 2.75) is 37.5 Å². The molecule has 2 aromatic carbocycles. The van der Waals surface area contributed by atoms with Crippen LogP contribution in [0.25, 0.3) is 10.8 Å². The lowest BCUT2D eigenvalue weighted by atomic mass is 9.46. The lowest BCUT2D eigenvalue weighted by molar-refractivity contribution is 0.0463. The van der Waals surface area contributed by atoms with E-state index >= 15 is 0 Å². The molecule has 1 nitrogen and oxygen atoms in total. The first kappa shape index (κ1) is 12.8. The summed E-state index contributed by atoms with van der Waals surface area (Å²) in [7, 11) is 0. The van der Waals surface area contributed by atoms with E-state index in [9.17, 15) is 5.11 Å². The van der Waals surface area contributed by atoms with E-state index in [1.807, 2.05) is 18.2 Å². The van der Waals surface area contributed by atoms with Crippen LogP contribution in [0.1, 0.15) is 37.7 Å². The highest BCUT2D eigenvalue weighted by molar-refractivity contribution is 5.89. The van der Waals surface area contributed by atoms with Crippen molar-refractivity contribution in [3.8, 4) is 5.75 Å². The summed E-state index contributed by atoms with van der Waals surface area (Å²) in [6.45, 7) is 4.51. The van der Waals surface area contributed by atoms with Crippen molar-refractivity contribution >= 4 is 10.8 Å². The Morgan fingerprint density at radius 2 is 1.68 bits per heavy atom. The van der Waals surface area contributed by atoms with Gasteiger partial charge in [-0.05, 0) is 55.2 Å². The molecule has 0 radical (unpaired) electrons. The lowest BCUT2D eigenvalue weighted by Gasteiger charge is -2.58. The second kappa shape index (κ2) is 4.16. The Balaban J connectivity index is 1.73. The fourth-order valence-corrected chi connectivity index (χ4v) is 5.94. The van der Waals surface area contributed by atoms with Gasteiger partial charge in [0.2, 0.25) is 0 Å². The Labute approximate surface area is 131 Å². The molecule has 0 heterocycles. The second-order valence-electron chi connectivity index (χ2n) is 7.83. The maximum Gasteiger partial charge on any atom is 0.127 e. The molecule has 112 valence electrons. The van der Waals surface area contributed by atoms with Crippen LogP contribution in [0.5, 0.6) is 5.75 Å². The summed E-state index contributed by atoms with van der Waals surface area (Å²) in [5, 5.41) is 13.1. The third-order valence-corrected chi connectivity index (χ3v) is 6.70. The number of allylic oxidation sites excluding steroid dienone is 1. The van der Waals surface area contributed by atoms with Crippen LogP contribution in [0.15, 0.2) is 48.6 Å². The van der Waals surface area contributed by atoms with Gasteiger partial charge in [-0.2, -0.15) is 0 Å². The van der Waals surface area contributed by atoms with Crippen LogP contribution in [0.2, 0.25) is 0 Å². The molecule has 0 aliphatic heterocycles. The number of hydrogen-bond donors (Lipinski definition) is 1. The molecule has 0 spiro atoms. The number of aromatic hydroxyl groups is 1. The summed E-state index contributed by atoms with van der Waals surface area (Å²) in [6, 6.07) is 12.5. The quantitative estimate of drug-likeness (QED) is 0.717. The summed E-state index contributed by atoms with van der Waals surface area (Å²) in [4.78, 5) is 0. The predicted molar refractivity (Wildman–Crippen MR) is 90.0 cm³/mol. The van der Waals surface area contributed by atoms with Gasteiger partial charge in [-0.1, -0.05) is 48.6 Å². The van der Waals surface area contributed by atoms with Crippen molar-refractivity contribution in [1.29, 1.82) is 0 Å². The van der Waals surface area contributed by atoms with E-state index in [0.29, 0.717) is 11.7 Å². The number of rotatable bonds is 1. The van der Waals surface area contributed by atoms with Crippen molar-refractivity contribution in [2.24, 2.45) is 17.8 Å². The smallest absolute Gasteiger partial charge is 0.127 e. The van der Waals surface area contributed by atoms with Gasteiger partial charge in [-0.25, -0.2) is 0 Å². The number of phenols is 1. The zero-order chi connectivity index (χ0) is 14.9. The molecule has 0 aromatic heterocycles. The predicted octanol–water partition coefficient (Wildman–Crippen LogP) is 5.18. The number of benzene rings is 2. The van der Waals surface area contributed by atoms with Gasteiger partial charge in [0, 0.05) is 16.4 Å². The average molecular weight is 290 g/mol. The van der Waals surface area contributed by atoms with Crippen molar-refractivity contribution in [1.82, 2.24) is 0 Å². The molecule has 1 N–H and O–H groups in total. The van der Waals surface area contributed by atoms with Crippen LogP contribution in [-0.4, -0.2) is 5.11 Å². The van der Waals surface area contributed by atoms with Gasteiger partial charge in [0.25, 0.3) is 0 Å². The zero-order valence-corrected chi connectivity index (χ0v) is 12.9. The fourth-order valence-electron chi connectivity index (χ4n) is 5.94. The van der Waals surface area contributed by atoms with Crippen molar-refractivity contribution in [2.75, 3.05) is 0 Å². The molecule has 0 saturated heterocycles. The third kappa shape index (κ3) is 1.49. The highest BCUT2D eigenvalue weighted by Crippen LogP contribution is 2.64. The minimum atomic E-state index is 0.0445. The number of phenolic OH excluding ortho intramolecular Hbond substituents is 1. The van der Waals surface area contributed by atoms with Crippen molar-refractivity contribution in [3.05, 3.63) is 54.1 Å². The highest BCUT2D eigenvalue weighted by atomic mass is 16.3. The molecule has 2 atom stereocenters. The summed E-state index contributed by atoms with van der Waals surface area (Å²) >= 11 is 0. The third-order valence-electron chi connectivity index (χ3n) is 6.70. The maximum atomic E-state index is 11.0. The van der Waals surface area contributed by atoms with Gasteiger partial charge < -0.3 is 5.11 Å². The fraction of sp³-hybridized carbons (Fsp3) is 0.429. The molecule has 2 aromatic rings. The van der Waals surface area contributed by atoms with Crippen LogP contribution >= 0.6 is 0 Å². The summed E-state index contributed by atoms with van der Waals surface area (Å²) < 4.78 is 0. The highest BCUT2D eigenvalue weighted by Gasteiger charge is 2.54. The number of hydrogen-bond acceptors (Lipinski definition) is 1. The molecule has 1 heteroatoms. The van der Waals surface area contributed by atoms with E-state index in [-0.39, 0.29) is 5.41 Å². The minimum Gasteiger partial charge on any atom is -0.507 e. The molecule has 2 unspecified atom stereocenters. The van der Waals surface area contributed by atoms with E-state index in [4.69, 9.17) is 0 Å². The van der Waals surface area contributed by atoms with Crippen LogP contribution < -0.4 is 0 Å². The Bertz CT molecular complexity index is 774. The standard InChI is InChI=1S/C21H22O/c1-13-17-9-14-8-15(10-17)12-21(13,11-14)19-7-6-16-4-2-3-5-18(16)20(19)22/h2-7,14-15,17,22H,1,8-12H2. The average Bonchev–Trinajstić information content (AvgIpc) is 2.52. The maximum absolute atomic E-state index is 11.0. The van der Waals surface area contributed by atoms with Crippen molar-refractivity contribution in [3.63, 3.8) is 0 Å². The van der Waals surface area contributed by atoms with E-state index in [0.717, 1.165) is 28.2 Å². The molecule has 6 rings (SSSR count). The van der Waals surface area contributed by atoms with Gasteiger partial charge >= 0.3 is 0 Å². The summed E-state index contributed by atoms with van der Waals surface area (Å²) in [6.07, 6.45) is 6.48. The first-order chi connectivity index (χ1) is 10.7. The Morgan fingerprint density at radius 1 is 0.955 bits per heavy atom. The zero-order valence-electron chi connectivity index (χ0n) is 12.9. The largest absolute Gasteiger partial charge is 0.507 e. The van der Waals surface area contributed by atoms with E-state index in [2.05, 4.69) is 24.8 Å². The van der Waals surface area contributed by atoms with Crippen LogP contribution in [0.3, 0.4) is 0 Å². The first-order valence-corrected chi connectivity index (χ1v) is 8.58. The molecular weight excluding hydrogens is 268 g/mol. The Kier molecular flexibility index (Phi) is 2.41. The van der Waals surface area contributed by atoms with E-state index in [1.54, 1.807) is 0 Å². The summed E-state index contributed by atoms with van der Waals surface area (Å²) in [5.41, 5.74) is 2.60. The molecule has 4 aliphatic carbocycles. The van der Waals surface area contributed by atoms with E-state index < -0.39 is 0 Å². The van der Waals surface area contributed by atoms with Gasteiger partial charge in [0.05, 0.1) is 0 Å².